The molecule has 1 saturated heterocycles. The summed E-state index contributed by atoms with van der Waals surface area (Å²) in [4.78, 5) is 19.0. The average molecular weight is 335 g/mol. The number of anilines is 1. The number of esters is 1. The van der Waals surface area contributed by atoms with E-state index < -0.39 is 5.97 Å². The summed E-state index contributed by atoms with van der Waals surface area (Å²) in [6.45, 7) is 6.93. The molecule has 0 radical (unpaired) electrons. The van der Waals surface area contributed by atoms with Crippen molar-refractivity contribution in [3.05, 3.63) is 34.5 Å². The van der Waals surface area contributed by atoms with Crippen LogP contribution >= 0.6 is 11.6 Å². The maximum absolute atomic E-state index is 12.3. The van der Waals surface area contributed by atoms with E-state index in [1.807, 2.05) is 19.1 Å². The van der Waals surface area contributed by atoms with Gasteiger partial charge in [-0.15, -0.1) is 0 Å². The zero-order valence-corrected chi connectivity index (χ0v) is 14.0. The molecule has 1 fully saturated rings. The fraction of sp³-hybridized carbons (Fsp3) is 0.412. The van der Waals surface area contributed by atoms with E-state index in [0.717, 1.165) is 29.7 Å². The van der Waals surface area contributed by atoms with Gasteiger partial charge in [0.1, 0.15) is 0 Å². The SMILES string of the molecule is CCOC(=O)c1nc2cc(Cl)ccc2c(N2CCOCC2)c1C. The molecule has 0 aliphatic carbocycles. The molecule has 5 nitrogen and oxygen atoms in total. The molecular weight excluding hydrogens is 316 g/mol. The highest BCUT2D eigenvalue weighted by Gasteiger charge is 2.23. The van der Waals surface area contributed by atoms with Crippen molar-refractivity contribution in [3.8, 4) is 0 Å². The first-order valence-corrected chi connectivity index (χ1v) is 8.09. The third-order valence-corrected chi connectivity index (χ3v) is 4.19. The van der Waals surface area contributed by atoms with E-state index >= 15 is 0 Å². The second-order valence-electron chi connectivity index (χ2n) is 5.42. The highest BCUT2D eigenvalue weighted by molar-refractivity contribution is 6.31. The number of fused-ring (bicyclic) bond motifs is 1. The third-order valence-electron chi connectivity index (χ3n) is 3.95. The van der Waals surface area contributed by atoms with Gasteiger partial charge in [-0.2, -0.15) is 0 Å². The van der Waals surface area contributed by atoms with Crippen LogP contribution in [0.2, 0.25) is 5.02 Å². The van der Waals surface area contributed by atoms with Gasteiger partial charge < -0.3 is 14.4 Å². The summed E-state index contributed by atoms with van der Waals surface area (Å²) in [6, 6.07) is 5.58. The minimum Gasteiger partial charge on any atom is -0.461 e. The smallest absolute Gasteiger partial charge is 0.357 e. The molecule has 0 spiro atoms. The van der Waals surface area contributed by atoms with Crippen LogP contribution in [0.3, 0.4) is 0 Å². The van der Waals surface area contributed by atoms with E-state index in [0.29, 0.717) is 36.1 Å². The number of aromatic nitrogens is 1. The highest BCUT2D eigenvalue weighted by Crippen LogP contribution is 2.33. The van der Waals surface area contributed by atoms with E-state index in [9.17, 15) is 4.79 Å². The number of rotatable bonds is 3. The lowest BCUT2D eigenvalue weighted by molar-refractivity contribution is 0.0519. The predicted molar refractivity (Wildman–Crippen MR) is 90.5 cm³/mol. The number of carbonyl (C=O) groups is 1. The van der Waals surface area contributed by atoms with Crippen molar-refractivity contribution in [2.24, 2.45) is 0 Å². The van der Waals surface area contributed by atoms with Crippen molar-refractivity contribution in [1.29, 1.82) is 0 Å². The lowest BCUT2D eigenvalue weighted by Crippen LogP contribution is -2.37. The Bertz CT molecular complexity index is 742. The molecule has 0 N–H and O–H groups in total. The molecule has 0 saturated carbocycles. The van der Waals surface area contributed by atoms with Gasteiger partial charge in [-0.25, -0.2) is 9.78 Å². The fourth-order valence-electron chi connectivity index (χ4n) is 2.91. The van der Waals surface area contributed by atoms with Crippen LogP contribution in [0.1, 0.15) is 23.0 Å². The summed E-state index contributed by atoms with van der Waals surface area (Å²) in [5.74, 6) is -0.401. The molecule has 1 aromatic carbocycles. The number of carbonyl (C=O) groups excluding carboxylic acids is 1. The van der Waals surface area contributed by atoms with Gasteiger partial charge in [-0.3, -0.25) is 0 Å². The Morgan fingerprint density at radius 3 is 2.83 bits per heavy atom. The van der Waals surface area contributed by atoms with Crippen molar-refractivity contribution in [2.45, 2.75) is 13.8 Å². The van der Waals surface area contributed by atoms with E-state index in [-0.39, 0.29) is 0 Å². The standard InChI is InChI=1S/C17H19ClN2O3/c1-3-23-17(21)15-11(2)16(20-6-8-22-9-7-20)13-5-4-12(18)10-14(13)19-15/h4-5,10H,3,6-9H2,1-2H3. The van der Waals surface area contributed by atoms with Crippen molar-refractivity contribution in [3.63, 3.8) is 0 Å². The Kier molecular flexibility index (Phi) is 4.68. The van der Waals surface area contributed by atoms with Crippen molar-refractivity contribution in [2.75, 3.05) is 37.8 Å². The number of hydrogen-bond donors (Lipinski definition) is 0. The third kappa shape index (κ3) is 3.12. The predicted octanol–water partition coefficient (Wildman–Crippen LogP) is 3.21. The molecule has 1 aliphatic rings. The Hall–Kier alpha value is -1.85. The first-order chi connectivity index (χ1) is 11.1. The van der Waals surface area contributed by atoms with Crippen molar-refractivity contribution < 1.29 is 14.3 Å². The van der Waals surface area contributed by atoms with Gasteiger partial charge in [-0.1, -0.05) is 11.6 Å². The molecule has 122 valence electrons. The van der Waals surface area contributed by atoms with Gasteiger partial charge in [0, 0.05) is 29.1 Å². The summed E-state index contributed by atoms with van der Waals surface area (Å²) in [5.41, 5.74) is 2.90. The van der Waals surface area contributed by atoms with Crippen LogP contribution in [0.5, 0.6) is 0 Å². The minimum absolute atomic E-state index is 0.320. The van der Waals surface area contributed by atoms with Crippen LogP contribution in [0.4, 0.5) is 5.69 Å². The number of halogens is 1. The summed E-state index contributed by atoms with van der Waals surface area (Å²) in [6.07, 6.45) is 0. The molecule has 23 heavy (non-hydrogen) atoms. The number of pyridine rings is 1. The quantitative estimate of drug-likeness (QED) is 0.807. The molecule has 2 heterocycles. The number of ether oxygens (including phenoxy) is 2. The lowest BCUT2D eigenvalue weighted by atomic mass is 10.0. The van der Waals surface area contributed by atoms with E-state index in [4.69, 9.17) is 21.1 Å². The van der Waals surface area contributed by atoms with Gasteiger partial charge in [0.05, 0.1) is 31.0 Å². The van der Waals surface area contributed by atoms with Gasteiger partial charge in [0.25, 0.3) is 0 Å². The van der Waals surface area contributed by atoms with Crippen LogP contribution in [0, 0.1) is 6.92 Å². The molecule has 0 atom stereocenters. The second kappa shape index (κ2) is 6.72. The van der Waals surface area contributed by atoms with Crippen LogP contribution in [0.15, 0.2) is 18.2 Å². The highest BCUT2D eigenvalue weighted by atomic mass is 35.5. The second-order valence-corrected chi connectivity index (χ2v) is 5.85. The van der Waals surface area contributed by atoms with Crippen LogP contribution in [0.25, 0.3) is 10.9 Å². The first-order valence-electron chi connectivity index (χ1n) is 7.71. The van der Waals surface area contributed by atoms with E-state index in [1.165, 1.54) is 0 Å². The summed E-state index contributed by atoms with van der Waals surface area (Å²) >= 11 is 6.10. The number of hydrogen-bond acceptors (Lipinski definition) is 5. The number of benzene rings is 1. The lowest BCUT2D eigenvalue weighted by Gasteiger charge is -2.31. The maximum atomic E-state index is 12.3. The molecule has 0 bridgehead atoms. The fourth-order valence-corrected chi connectivity index (χ4v) is 3.08. The molecule has 0 unspecified atom stereocenters. The average Bonchev–Trinajstić information content (AvgIpc) is 2.55. The molecule has 2 aromatic rings. The van der Waals surface area contributed by atoms with Crippen LogP contribution in [-0.4, -0.2) is 43.9 Å². The Morgan fingerprint density at radius 1 is 1.39 bits per heavy atom. The van der Waals surface area contributed by atoms with Gasteiger partial charge >= 0.3 is 5.97 Å². The Balaban J connectivity index is 2.21. The van der Waals surface area contributed by atoms with Crippen molar-refractivity contribution >= 4 is 34.2 Å². The number of nitrogens with zero attached hydrogens (tertiary/aromatic N) is 2. The van der Waals surface area contributed by atoms with E-state index in [1.54, 1.807) is 13.0 Å². The molecule has 6 heteroatoms. The monoisotopic (exact) mass is 334 g/mol. The summed E-state index contributed by atoms with van der Waals surface area (Å²) < 4.78 is 10.6. The van der Waals surface area contributed by atoms with Gasteiger partial charge in [0.15, 0.2) is 5.69 Å². The zero-order chi connectivity index (χ0) is 16.4. The summed E-state index contributed by atoms with van der Waals surface area (Å²) in [5, 5.41) is 1.58. The summed E-state index contributed by atoms with van der Waals surface area (Å²) in [7, 11) is 0. The zero-order valence-electron chi connectivity index (χ0n) is 13.3. The molecule has 1 aliphatic heterocycles. The molecule has 1 aromatic heterocycles. The molecule has 0 amide bonds. The normalized spacial score (nSPS) is 15.0. The largest absolute Gasteiger partial charge is 0.461 e. The van der Waals surface area contributed by atoms with Crippen LogP contribution < -0.4 is 4.90 Å². The Labute approximate surface area is 140 Å². The number of morpholine rings is 1. The van der Waals surface area contributed by atoms with Crippen molar-refractivity contribution in [1.82, 2.24) is 4.98 Å². The minimum atomic E-state index is -0.401. The first kappa shape index (κ1) is 16.0. The van der Waals surface area contributed by atoms with Gasteiger partial charge in [0.2, 0.25) is 0 Å². The maximum Gasteiger partial charge on any atom is 0.357 e. The van der Waals surface area contributed by atoms with Crippen LogP contribution in [-0.2, 0) is 9.47 Å². The molecular formula is C17H19ClN2O3. The topological polar surface area (TPSA) is 51.7 Å². The Morgan fingerprint density at radius 2 is 2.13 bits per heavy atom. The van der Waals surface area contributed by atoms with Gasteiger partial charge in [-0.05, 0) is 32.0 Å². The van der Waals surface area contributed by atoms with E-state index in [2.05, 4.69) is 9.88 Å². The molecule has 3 rings (SSSR count).